The number of carbonyl (C=O) groups excluding carboxylic acids is 1. The topological polar surface area (TPSA) is 77.2 Å². The van der Waals surface area contributed by atoms with E-state index in [0.29, 0.717) is 11.6 Å². The van der Waals surface area contributed by atoms with E-state index >= 15 is 0 Å². The Hall–Kier alpha value is -1.43. The molecule has 0 unspecified atom stereocenters. The second-order valence-corrected chi connectivity index (χ2v) is 2.90. The van der Waals surface area contributed by atoms with Gasteiger partial charge in [-0.05, 0) is 12.8 Å². The molecule has 0 atom stereocenters. The van der Waals surface area contributed by atoms with E-state index in [-0.39, 0.29) is 5.76 Å². The Bertz CT molecular complexity index is 319. The number of rotatable bonds is 3. The van der Waals surface area contributed by atoms with Crippen LogP contribution in [0.4, 0.5) is 0 Å². The fourth-order valence-corrected chi connectivity index (χ4v) is 1.12. The van der Waals surface area contributed by atoms with Gasteiger partial charge in [0.25, 0.3) is 0 Å². The standard InChI is InChI=1S/C7H9N3O3/c1-12-9-7(11)6-5(4-2-3-4)8-10-13-6/h4H,2-3H2,1H3,(H,9,11). The first kappa shape index (κ1) is 8.18. The van der Waals surface area contributed by atoms with Gasteiger partial charge < -0.3 is 4.52 Å². The van der Waals surface area contributed by atoms with Crippen molar-refractivity contribution in [2.45, 2.75) is 18.8 Å². The lowest BCUT2D eigenvalue weighted by atomic mass is 10.2. The molecule has 1 aromatic heterocycles. The monoisotopic (exact) mass is 183 g/mol. The molecule has 1 amide bonds. The van der Waals surface area contributed by atoms with E-state index in [0.717, 1.165) is 12.8 Å². The van der Waals surface area contributed by atoms with E-state index in [1.54, 1.807) is 0 Å². The van der Waals surface area contributed by atoms with Crippen molar-refractivity contribution in [3.05, 3.63) is 11.5 Å². The summed E-state index contributed by atoms with van der Waals surface area (Å²) in [6.45, 7) is 0. The van der Waals surface area contributed by atoms with Crippen LogP contribution in [0.1, 0.15) is 35.0 Å². The first-order valence-electron chi connectivity index (χ1n) is 3.98. The van der Waals surface area contributed by atoms with Gasteiger partial charge in [-0.1, -0.05) is 0 Å². The van der Waals surface area contributed by atoms with Crippen molar-refractivity contribution in [3.8, 4) is 0 Å². The van der Waals surface area contributed by atoms with Gasteiger partial charge >= 0.3 is 5.91 Å². The number of aromatic nitrogens is 2. The molecule has 1 N–H and O–H groups in total. The van der Waals surface area contributed by atoms with Gasteiger partial charge in [0.15, 0.2) is 0 Å². The molecule has 13 heavy (non-hydrogen) atoms. The summed E-state index contributed by atoms with van der Waals surface area (Å²) in [5.74, 6) is 0.0580. The Kier molecular flexibility index (Phi) is 1.97. The zero-order valence-electron chi connectivity index (χ0n) is 7.11. The highest BCUT2D eigenvalue weighted by atomic mass is 16.6. The predicted molar refractivity (Wildman–Crippen MR) is 40.7 cm³/mol. The third kappa shape index (κ3) is 1.52. The molecule has 6 heteroatoms. The van der Waals surface area contributed by atoms with Crippen LogP contribution in [0.3, 0.4) is 0 Å². The molecule has 0 aromatic carbocycles. The Balaban J connectivity index is 2.18. The van der Waals surface area contributed by atoms with Crippen LogP contribution in [0, 0.1) is 0 Å². The molecule has 1 aromatic rings. The summed E-state index contributed by atoms with van der Waals surface area (Å²) in [5.41, 5.74) is 2.79. The quantitative estimate of drug-likeness (QED) is 0.679. The van der Waals surface area contributed by atoms with Crippen molar-refractivity contribution in [3.63, 3.8) is 0 Å². The minimum Gasteiger partial charge on any atom is -0.331 e. The molecule has 70 valence electrons. The Morgan fingerprint density at radius 2 is 2.46 bits per heavy atom. The summed E-state index contributed by atoms with van der Waals surface area (Å²) in [6, 6.07) is 0. The van der Waals surface area contributed by atoms with Crippen molar-refractivity contribution in [1.82, 2.24) is 15.9 Å². The van der Waals surface area contributed by atoms with Crippen LogP contribution < -0.4 is 5.48 Å². The van der Waals surface area contributed by atoms with E-state index in [1.807, 2.05) is 0 Å². The number of hydroxylamine groups is 1. The van der Waals surface area contributed by atoms with Gasteiger partial charge in [-0.25, -0.2) is 5.48 Å². The molecule has 2 rings (SSSR count). The molecule has 0 aliphatic heterocycles. The molecule has 0 radical (unpaired) electrons. The van der Waals surface area contributed by atoms with Crippen molar-refractivity contribution < 1.29 is 14.2 Å². The molecule has 1 heterocycles. The van der Waals surface area contributed by atoms with Gasteiger partial charge in [0.2, 0.25) is 5.76 Å². The first-order valence-corrected chi connectivity index (χ1v) is 3.98. The fourth-order valence-electron chi connectivity index (χ4n) is 1.12. The van der Waals surface area contributed by atoms with Gasteiger partial charge in [-0.15, -0.1) is 5.10 Å². The number of amides is 1. The van der Waals surface area contributed by atoms with Crippen LogP contribution >= 0.6 is 0 Å². The molecular weight excluding hydrogens is 174 g/mol. The fraction of sp³-hybridized carbons (Fsp3) is 0.571. The number of hydrogen-bond acceptors (Lipinski definition) is 5. The van der Waals surface area contributed by atoms with Crippen molar-refractivity contribution in [1.29, 1.82) is 0 Å². The largest absolute Gasteiger partial charge is 0.331 e. The molecule has 0 spiro atoms. The van der Waals surface area contributed by atoms with E-state index in [4.69, 9.17) is 4.52 Å². The highest BCUT2D eigenvalue weighted by Crippen LogP contribution is 2.40. The minimum atomic E-state index is -0.436. The van der Waals surface area contributed by atoms with Crippen LogP contribution in [-0.2, 0) is 4.84 Å². The van der Waals surface area contributed by atoms with Gasteiger partial charge in [0.1, 0.15) is 5.69 Å². The third-order valence-electron chi connectivity index (χ3n) is 1.88. The van der Waals surface area contributed by atoms with Crippen LogP contribution in [-0.4, -0.2) is 23.4 Å². The SMILES string of the molecule is CONC(=O)c1onnc1C1CC1. The number of nitrogens with one attached hydrogen (secondary N) is 1. The molecule has 0 bridgehead atoms. The third-order valence-corrected chi connectivity index (χ3v) is 1.88. The van der Waals surface area contributed by atoms with Crippen LogP contribution in [0.5, 0.6) is 0 Å². The molecular formula is C7H9N3O3. The normalized spacial score (nSPS) is 15.8. The van der Waals surface area contributed by atoms with Crippen LogP contribution in [0.15, 0.2) is 4.52 Å². The molecule has 0 saturated heterocycles. The van der Waals surface area contributed by atoms with Crippen LogP contribution in [0.2, 0.25) is 0 Å². The van der Waals surface area contributed by atoms with Gasteiger partial charge in [-0.2, -0.15) is 0 Å². The van der Waals surface area contributed by atoms with E-state index in [2.05, 4.69) is 20.7 Å². The van der Waals surface area contributed by atoms with Crippen molar-refractivity contribution in [2.24, 2.45) is 0 Å². The molecule has 1 fully saturated rings. The Morgan fingerprint density at radius 1 is 1.69 bits per heavy atom. The average Bonchev–Trinajstić information content (AvgIpc) is 2.84. The summed E-state index contributed by atoms with van der Waals surface area (Å²) in [4.78, 5) is 15.7. The van der Waals surface area contributed by atoms with Gasteiger partial charge in [-0.3, -0.25) is 9.63 Å². The average molecular weight is 183 g/mol. The summed E-state index contributed by atoms with van der Waals surface area (Å²) < 4.78 is 4.73. The van der Waals surface area contributed by atoms with E-state index in [9.17, 15) is 4.79 Å². The van der Waals surface area contributed by atoms with E-state index < -0.39 is 5.91 Å². The predicted octanol–water partition coefficient (Wildman–Crippen LogP) is 0.238. The van der Waals surface area contributed by atoms with Crippen molar-refractivity contribution in [2.75, 3.05) is 7.11 Å². The lowest BCUT2D eigenvalue weighted by Gasteiger charge is -1.97. The zero-order valence-corrected chi connectivity index (χ0v) is 7.11. The Morgan fingerprint density at radius 3 is 3.08 bits per heavy atom. The maximum atomic E-state index is 11.2. The number of carbonyl (C=O) groups is 1. The molecule has 6 nitrogen and oxygen atoms in total. The van der Waals surface area contributed by atoms with Gasteiger partial charge in [0.05, 0.1) is 7.11 Å². The minimum absolute atomic E-state index is 0.157. The molecule has 1 aliphatic carbocycles. The zero-order chi connectivity index (χ0) is 9.26. The number of nitrogens with zero attached hydrogens (tertiary/aromatic N) is 2. The maximum absolute atomic E-state index is 11.2. The highest BCUT2D eigenvalue weighted by Gasteiger charge is 2.33. The first-order chi connectivity index (χ1) is 6.33. The molecule has 1 aliphatic rings. The lowest BCUT2D eigenvalue weighted by molar-refractivity contribution is 0.0500. The summed E-state index contributed by atoms with van der Waals surface area (Å²) in [7, 11) is 1.36. The smallest absolute Gasteiger partial charge is 0.315 e. The highest BCUT2D eigenvalue weighted by molar-refractivity contribution is 5.91. The second-order valence-electron chi connectivity index (χ2n) is 2.90. The maximum Gasteiger partial charge on any atom is 0.315 e. The van der Waals surface area contributed by atoms with Gasteiger partial charge in [0, 0.05) is 11.2 Å². The lowest BCUT2D eigenvalue weighted by Crippen LogP contribution is -2.22. The second kappa shape index (κ2) is 3.14. The van der Waals surface area contributed by atoms with Crippen LogP contribution in [0.25, 0.3) is 0 Å². The van der Waals surface area contributed by atoms with Crippen molar-refractivity contribution >= 4 is 5.91 Å². The van der Waals surface area contributed by atoms with E-state index in [1.165, 1.54) is 7.11 Å². The Labute approximate surface area is 74.2 Å². The number of hydrogen-bond donors (Lipinski definition) is 1. The summed E-state index contributed by atoms with van der Waals surface area (Å²) in [5, 5.41) is 7.09. The summed E-state index contributed by atoms with van der Waals surface area (Å²) >= 11 is 0. The summed E-state index contributed by atoms with van der Waals surface area (Å²) in [6.07, 6.45) is 2.09. The molecule has 1 saturated carbocycles.